The van der Waals surface area contributed by atoms with Crippen molar-refractivity contribution in [2.45, 2.75) is 72.6 Å². The number of carbonyl (C=O) groups is 2. The van der Waals surface area contributed by atoms with Gasteiger partial charge in [-0.25, -0.2) is 9.59 Å². The summed E-state index contributed by atoms with van der Waals surface area (Å²) in [6.07, 6.45) is -0.338. The highest BCUT2D eigenvalue weighted by Crippen LogP contribution is 2.30. The lowest BCUT2D eigenvalue weighted by atomic mass is 9.83. The van der Waals surface area contributed by atoms with E-state index in [1.807, 2.05) is 24.3 Å². The zero-order valence-corrected chi connectivity index (χ0v) is 17.6. The van der Waals surface area contributed by atoms with Crippen molar-refractivity contribution in [3.8, 4) is 0 Å². The molecule has 0 saturated heterocycles. The Kier molecular flexibility index (Phi) is 7.84. The van der Waals surface area contributed by atoms with Gasteiger partial charge in [-0.1, -0.05) is 45.0 Å². The molecule has 0 bridgehead atoms. The molecule has 1 amide bonds. The van der Waals surface area contributed by atoms with Gasteiger partial charge in [0.05, 0.1) is 6.61 Å². The van der Waals surface area contributed by atoms with Gasteiger partial charge in [-0.15, -0.1) is 0 Å². The molecule has 152 valence electrons. The van der Waals surface area contributed by atoms with Gasteiger partial charge in [0.2, 0.25) is 0 Å². The van der Waals surface area contributed by atoms with Crippen LogP contribution in [-0.4, -0.2) is 30.3 Å². The second-order valence-electron chi connectivity index (χ2n) is 8.74. The Labute approximate surface area is 162 Å². The SMILES string of the molecule is CCOC(=O)C(Cc1ccc(C(N)C(C)(C)C)cc1)NC(=O)OC(C)(C)C. The number of rotatable bonds is 6. The number of esters is 1. The predicted octanol–water partition coefficient (Wildman–Crippen LogP) is 3.73. The molecule has 6 heteroatoms. The van der Waals surface area contributed by atoms with Crippen LogP contribution in [0.15, 0.2) is 24.3 Å². The van der Waals surface area contributed by atoms with Crippen molar-refractivity contribution in [2.24, 2.45) is 11.1 Å². The molecule has 6 nitrogen and oxygen atoms in total. The van der Waals surface area contributed by atoms with E-state index in [0.717, 1.165) is 11.1 Å². The van der Waals surface area contributed by atoms with E-state index in [4.69, 9.17) is 15.2 Å². The van der Waals surface area contributed by atoms with E-state index in [1.54, 1.807) is 27.7 Å². The maximum absolute atomic E-state index is 12.2. The largest absolute Gasteiger partial charge is 0.464 e. The second kappa shape index (κ2) is 9.22. The molecular formula is C21H34N2O4. The van der Waals surface area contributed by atoms with E-state index in [9.17, 15) is 9.59 Å². The molecule has 0 aliphatic carbocycles. The molecular weight excluding hydrogens is 344 g/mol. The summed E-state index contributed by atoms with van der Waals surface area (Å²) in [5, 5.41) is 2.61. The van der Waals surface area contributed by atoms with Gasteiger partial charge >= 0.3 is 12.1 Å². The lowest BCUT2D eigenvalue weighted by molar-refractivity contribution is -0.145. The summed E-state index contributed by atoms with van der Waals surface area (Å²) in [6.45, 7) is 13.5. The number of nitrogens with two attached hydrogens (primary N) is 1. The van der Waals surface area contributed by atoms with E-state index < -0.39 is 23.7 Å². The Morgan fingerprint density at radius 2 is 1.63 bits per heavy atom. The van der Waals surface area contributed by atoms with Gasteiger partial charge in [-0.3, -0.25) is 0 Å². The topological polar surface area (TPSA) is 90.6 Å². The molecule has 2 atom stereocenters. The fourth-order valence-corrected chi connectivity index (χ4v) is 2.48. The molecule has 0 fully saturated rings. The first-order chi connectivity index (χ1) is 12.3. The molecule has 0 aliphatic rings. The minimum atomic E-state index is -0.818. The van der Waals surface area contributed by atoms with Crippen molar-refractivity contribution in [3.63, 3.8) is 0 Å². The Balaban J connectivity index is 2.89. The molecule has 0 aliphatic heterocycles. The van der Waals surface area contributed by atoms with Crippen molar-refractivity contribution < 1.29 is 19.1 Å². The van der Waals surface area contributed by atoms with Crippen LogP contribution < -0.4 is 11.1 Å². The third-order valence-electron chi connectivity index (χ3n) is 3.97. The highest BCUT2D eigenvalue weighted by atomic mass is 16.6. The lowest BCUT2D eigenvalue weighted by Crippen LogP contribution is -2.45. The maximum atomic E-state index is 12.2. The number of benzene rings is 1. The van der Waals surface area contributed by atoms with Gasteiger partial charge < -0.3 is 20.5 Å². The molecule has 1 rings (SSSR count). The number of hydrogen-bond acceptors (Lipinski definition) is 5. The van der Waals surface area contributed by atoms with Crippen LogP contribution in [-0.2, 0) is 20.7 Å². The fourth-order valence-electron chi connectivity index (χ4n) is 2.48. The molecule has 0 radical (unpaired) electrons. The summed E-state index contributed by atoms with van der Waals surface area (Å²) in [5.74, 6) is -0.487. The van der Waals surface area contributed by atoms with Gasteiger partial charge in [0.1, 0.15) is 11.6 Å². The lowest BCUT2D eigenvalue weighted by Gasteiger charge is -2.27. The average Bonchev–Trinajstić information content (AvgIpc) is 2.52. The summed E-state index contributed by atoms with van der Waals surface area (Å²) < 4.78 is 10.3. The Morgan fingerprint density at radius 1 is 1.07 bits per heavy atom. The number of carbonyl (C=O) groups excluding carboxylic acids is 2. The van der Waals surface area contributed by atoms with Crippen molar-refractivity contribution >= 4 is 12.1 Å². The summed E-state index contributed by atoms with van der Waals surface area (Å²) >= 11 is 0. The second-order valence-corrected chi connectivity index (χ2v) is 8.74. The molecule has 27 heavy (non-hydrogen) atoms. The van der Waals surface area contributed by atoms with Crippen LogP contribution in [0.1, 0.15) is 65.6 Å². The summed E-state index contributed by atoms with van der Waals surface area (Å²) in [7, 11) is 0. The van der Waals surface area contributed by atoms with Crippen LogP contribution >= 0.6 is 0 Å². The summed E-state index contributed by atoms with van der Waals surface area (Å²) in [4.78, 5) is 24.3. The molecule has 0 spiro atoms. The molecule has 0 heterocycles. The van der Waals surface area contributed by atoms with Crippen molar-refractivity contribution in [1.29, 1.82) is 0 Å². The Bertz CT molecular complexity index is 627. The molecule has 0 saturated carbocycles. The molecule has 2 unspecified atom stereocenters. The highest BCUT2D eigenvalue weighted by molar-refractivity contribution is 5.81. The molecule has 1 aromatic rings. The van der Waals surface area contributed by atoms with Crippen LogP contribution in [0.4, 0.5) is 4.79 Å². The predicted molar refractivity (Wildman–Crippen MR) is 106 cm³/mol. The monoisotopic (exact) mass is 378 g/mol. The van der Waals surface area contributed by atoms with E-state index >= 15 is 0 Å². The van der Waals surface area contributed by atoms with E-state index in [-0.39, 0.29) is 18.1 Å². The van der Waals surface area contributed by atoms with Gasteiger partial charge in [0, 0.05) is 12.5 Å². The molecule has 3 N–H and O–H groups in total. The van der Waals surface area contributed by atoms with Gasteiger partial charge in [0.25, 0.3) is 0 Å². The number of ether oxygens (including phenoxy) is 2. The standard InChI is InChI=1S/C21H34N2O4/c1-8-26-18(24)16(23-19(25)27-21(5,6)7)13-14-9-11-15(12-10-14)17(22)20(2,3)4/h9-12,16-17H,8,13,22H2,1-7H3,(H,23,25). The highest BCUT2D eigenvalue weighted by Gasteiger charge is 2.26. The van der Waals surface area contributed by atoms with Crippen molar-refractivity contribution in [1.82, 2.24) is 5.32 Å². The Hall–Kier alpha value is -2.08. The number of hydrogen-bond donors (Lipinski definition) is 2. The maximum Gasteiger partial charge on any atom is 0.408 e. The van der Waals surface area contributed by atoms with Crippen molar-refractivity contribution in [3.05, 3.63) is 35.4 Å². The summed E-state index contributed by atoms with van der Waals surface area (Å²) in [6, 6.07) is 6.85. The van der Waals surface area contributed by atoms with Crippen LogP contribution in [0.5, 0.6) is 0 Å². The number of amides is 1. The normalized spacial score (nSPS) is 14.2. The average molecular weight is 379 g/mol. The van der Waals surface area contributed by atoms with Crippen LogP contribution in [0, 0.1) is 5.41 Å². The quantitative estimate of drug-likeness (QED) is 0.736. The van der Waals surface area contributed by atoms with Crippen LogP contribution in [0.3, 0.4) is 0 Å². The third kappa shape index (κ3) is 7.99. The van der Waals surface area contributed by atoms with E-state index in [2.05, 4.69) is 26.1 Å². The minimum Gasteiger partial charge on any atom is -0.464 e. The Morgan fingerprint density at radius 3 is 2.07 bits per heavy atom. The minimum absolute atomic E-state index is 0.0484. The molecule has 1 aromatic carbocycles. The zero-order valence-electron chi connectivity index (χ0n) is 17.6. The van der Waals surface area contributed by atoms with Gasteiger partial charge in [-0.05, 0) is 44.2 Å². The van der Waals surface area contributed by atoms with Crippen LogP contribution in [0.25, 0.3) is 0 Å². The first-order valence-electron chi connectivity index (χ1n) is 9.34. The summed E-state index contributed by atoms with van der Waals surface area (Å²) in [5.41, 5.74) is 7.52. The van der Waals surface area contributed by atoms with Gasteiger partial charge in [-0.2, -0.15) is 0 Å². The molecule has 0 aromatic heterocycles. The number of alkyl carbamates (subject to hydrolysis) is 1. The van der Waals surface area contributed by atoms with Crippen molar-refractivity contribution in [2.75, 3.05) is 6.61 Å². The van der Waals surface area contributed by atoms with E-state index in [0.29, 0.717) is 6.42 Å². The zero-order chi connectivity index (χ0) is 20.8. The van der Waals surface area contributed by atoms with E-state index in [1.165, 1.54) is 0 Å². The smallest absolute Gasteiger partial charge is 0.408 e. The first-order valence-corrected chi connectivity index (χ1v) is 9.34. The third-order valence-corrected chi connectivity index (χ3v) is 3.97. The fraction of sp³-hybridized carbons (Fsp3) is 0.619. The van der Waals surface area contributed by atoms with Crippen LogP contribution in [0.2, 0.25) is 0 Å². The van der Waals surface area contributed by atoms with Gasteiger partial charge in [0.15, 0.2) is 0 Å². The number of nitrogens with one attached hydrogen (secondary N) is 1. The first kappa shape index (κ1) is 23.0.